The molecule has 0 spiro atoms. The summed E-state index contributed by atoms with van der Waals surface area (Å²) in [5, 5.41) is 6.29. The van der Waals surface area contributed by atoms with Gasteiger partial charge >= 0.3 is 0 Å². The van der Waals surface area contributed by atoms with Crippen molar-refractivity contribution in [2.75, 3.05) is 18.4 Å². The van der Waals surface area contributed by atoms with Crippen LogP contribution in [0.2, 0.25) is 0 Å². The lowest BCUT2D eigenvalue weighted by Gasteiger charge is -2.26. The van der Waals surface area contributed by atoms with Crippen LogP contribution in [0.5, 0.6) is 0 Å². The van der Waals surface area contributed by atoms with Gasteiger partial charge in [-0.05, 0) is 55.9 Å². The third-order valence-electron chi connectivity index (χ3n) is 4.41. The zero-order valence-corrected chi connectivity index (χ0v) is 13.3. The molecule has 0 aromatic heterocycles. The molecule has 1 aromatic carbocycles. The highest BCUT2D eigenvalue weighted by Gasteiger charge is 2.18. The summed E-state index contributed by atoms with van der Waals surface area (Å²) in [6, 6.07) is 7.69. The molecule has 2 atom stereocenters. The Morgan fingerprint density at radius 2 is 2.00 bits per heavy atom. The molecular weight excluding hydrogens is 260 g/mol. The molecule has 0 heterocycles. The predicted molar refractivity (Wildman–Crippen MR) is 88.7 cm³/mol. The van der Waals surface area contributed by atoms with Crippen LogP contribution in [0.3, 0.4) is 0 Å². The van der Waals surface area contributed by atoms with Crippen LogP contribution in [0.25, 0.3) is 0 Å². The van der Waals surface area contributed by atoms with Crippen molar-refractivity contribution in [2.24, 2.45) is 11.8 Å². The molecule has 1 aliphatic rings. The van der Waals surface area contributed by atoms with E-state index in [1.165, 1.54) is 25.7 Å². The Bertz CT molecular complexity index is 441. The van der Waals surface area contributed by atoms with E-state index in [1.807, 2.05) is 24.3 Å². The second kappa shape index (κ2) is 8.06. The van der Waals surface area contributed by atoms with Crippen LogP contribution in [0, 0.1) is 11.8 Å². The van der Waals surface area contributed by atoms with Crippen molar-refractivity contribution in [3.8, 4) is 0 Å². The number of carbonyl (C=O) groups is 1. The molecule has 0 bridgehead atoms. The monoisotopic (exact) mass is 288 g/mol. The third-order valence-corrected chi connectivity index (χ3v) is 4.41. The summed E-state index contributed by atoms with van der Waals surface area (Å²) in [7, 11) is 0. The van der Waals surface area contributed by atoms with Crippen molar-refractivity contribution in [3.63, 3.8) is 0 Å². The smallest absolute Gasteiger partial charge is 0.251 e. The highest BCUT2D eigenvalue weighted by Crippen LogP contribution is 2.30. The molecule has 1 aromatic rings. The summed E-state index contributed by atoms with van der Waals surface area (Å²) in [5.41, 5.74) is 1.80. The lowest BCUT2D eigenvalue weighted by Crippen LogP contribution is -2.27. The first kappa shape index (κ1) is 15.9. The van der Waals surface area contributed by atoms with Gasteiger partial charge in [0, 0.05) is 24.3 Å². The zero-order chi connectivity index (χ0) is 15.1. The van der Waals surface area contributed by atoms with Crippen molar-refractivity contribution in [1.82, 2.24) is 5.32 Å². The summed E-state index contributed by atoms with van der Waals surface area (Å²) in [6.07, 6.45) is 6.50. The van der Waals surface area contributed by atoms with E-state index in [-0.39, 0.29) is 5.91 Å². The number of rotatable bonds is 6. The number of hydrogen-bond donors (Lipinski definition) is 2. The van der Waals surface area contributed by atoms with Crippen molar-refractivity contribution in [1.29, 1.82) is 0 Å². The van der Waals surface area contributed by atoms with E-state index in [4.69, 9.17) is 0 Å². The Morgan fingerprint density at radius 3 is 2.67 bits per heavy atom. The molecule has 1 aliphatic carbocycles. The van der Waals surface area contributed by atoms with Gasteiger partial charge in [-0.25, -0.2) is 0 Å². The van der Waals surface area contributed by atoms with E-state index in [2.05, 4.69) is 24.5 Å². The second-order valence-corrected chi connectivity index (χ2v) is 6.29. The van der Waals surface area contributed by atoms with Crippen molar-refractivity contribution in [2.45, 2.75) is 46.0 Å². The molecule has 1 amide bonds. The molecule has 3 nitrogen and oxygen atoms in total. The van der Waals surface area contributed by atoms with Gasteiger partial charge in [0.25, 0.3) is 5.91 Å². The van der Waals surface area contributed by atoms with Gasteiger partial charge in [0.05, 0.1) is 0 Å². The molecule has 0 aliphatic heterocycles. The van der Waals surface area contributed by atoms with E-state index in [9.17, 15) is 4.79 Å². The largest absolute Gasteiger partial charge is 0.385 e. The maximum atomic E-state index is 12.1. The summed E-state index contributed by atoms with van der Waals surface area (Å²) in [6.45, 7) is 6.10. The maximum Gasteiger partial charge on any atom is 0.251 e. The van der Waals surface area contributed by atoms with Crippen molar-refractivity contribution < 1.29 is 4.79 Å². The zero-order valence-electron chi connectivity index (χ0n) is 13.3. The minimum absolute atomic E-state index is 0.0434. The number of hydrogen-bond acceptors (Lipinski definition) is 2. The third kappa shape index (κ3) is 5.07. The van der Waals surface area contributed by atoms with Gasteiger partial charge < -0.3 is 10.6 Å². The molecule has 116 valence electrons. The van der Waals surface area contributed by atoms with E-state index < -0.39 is 0 Å². The van der Waals surface area contributed by atoms with Crippen molar-refractivity contribution in [3.05, 3.63) is 29.8 Å². The van der Waals surface area contributed by atoms with E-state index in [0.29, 0.717) is 0 Å². The van der Waals surface area contributed by atoms with Crippen LogP contribution in [-0.4, -0.2) is 19.0 Å². The highest BCUT2D eigenvalue weighted by molar-refractivity contribution is 5.94. The number of anilines is 1. The molecule has 3 heteroatoms. The van der Waals surface area contributed by atoms with Gasteiger partial charge in [-0.2, -0.15) is 0 Å². The van der Waals surface area contributed by atoms with Gasteiger partial charge in [0.15, 0.2) is 0 Å². The standard InChI is InChI=1S/C18H28N2O/c1-3-19-17-9-7-16(8-10-17)18(21)20-12-11-15-6-4-5-14(2)13-15/h7-10,14-15,19H,3-6,11-13H2,1-2H3,(H,20,21). The minimum Gasteiger partial charge on any atom is -0.385 e. The summed E-state index contributed by atoms with van der Waals surface area (Å²) in [4.78, 5) is 12.1. The quantitative estimate of drug-likeness (QED) is 0.828. The Labute approximate surface area is 128 Å². The van der Waals surface area contributed by atoms with Crippen LogP contribution in [0.1, 0.15) is 56.3 Å². The minimum atomic E-state index is 0.0434. The molecule has 2 N–H and O–H groups in total. The Kier molecular flexibility index (Phi) is 6.09. The van der Waals surface area contributed by atoms with E-state index in [1.54, 1.807) is 0 Å². The van der Waals surface area contributed by atoms with Crippen LogP contribution < -0.4 is 10.6 Å². The Hall–Kier alpha value is -1.51. The summed E-state index contributed by atoms with van der Waals surface area (Å²) < 4.78 is 0. The lowest BCUT2D eigenvalue weighted by molar-refractivity contribution is 0.0949. The summed E-state index contributed by atoms with van der Waals surface area (Å²) in [5.74, 6) is 1.70. The molecular formula is C18H28N2O. The van der Waals surface area contributed by atoms with Crippen LogP contribution in [-0.2, 0) is 0 Å². The maximum absolute atomic E-state index is 12.1. The molecule has 2 rings (SSSR count). The van der Waals surface area contributed by atoms with Gasteiger partial charge in [-0.3, -0.25) is 4.79 Å². The lowest BCUT2D eigenvalue weighted by atomic mass is 9.81. The van der Waals surface area contributed by atoms with E-state index in [0.717, 1.165) is 42.6 Å². The highest BCUT2D eigenvalue weighted by atomic mass is 16.1. The fourth-order valence-electron chi connectivity index (χ4n) is 3.26. The van der Waals surface area contributed by atoms with Gasteiger partial charge in [-0.1, -0.05) is 26.2 Å². The van der Waals surface area contributed by atoms with E-state index >= 15 is 0 Å². The first-order valence-electron chi connectivity index (χ1n) is 8.31. The molecule has 0 radical (unpaired) electrons. The molecule has 2 unspecified atom stereocenters. The Balaban J connectivity index is 1.73. The SMILES string of the molecule is CCNc1ccc(C(=O)NCCC2CCCC(C)C2)cc1. The van der Waals surface area contributed by atoms with Crippen LogP contribution in [0.4, 0.5) is 5.69 Å². The average Bonchev–Trinajstić information content (AvgIpc) is 2.48. The summed E-state index contributed by atoms with van der Waals surface area (Å²) >= 11 is 0. The number of benzene rings is 1. The van der Waals surface area contributed by atoms with Crippen LogP contribution >= 0.6 is 0 Å². The average molecular weight is 288 g/mol. The van der Waals surface area contributed by atoms with Gasteiger partial charge in [0.1, 0.15) is 0 Å². The first-order chi connectivity index (χ1) is 10.2. The molecule has 1 saturated carbocycles. The van der Waals surface area contributed by atoms with Crippen LogP contribution in [0.15, 0.2) is 24.3 Å². The first-order valence-corrected chi connectivity index (χ1v) is 8.31. The van der Waals surface area contributed by atoms with Gasteiger partial charge in [0.2, 0.25) is 0 Å². The second-order valence-electron chi connectivity index (χ2n) is 6.29. The Morgan fingerprint density at radius 1 is 1.24 bits per heavy atom. The number of nitrogens with one attached hydrogen (secondary N) is 2. The predicted octanol–water partition coefficient (Wildman–Crippen LogP) is 4.06. The van der Waals surface area contributed by atoms with Crippen molar-refractivity contribution >= 4 is 11.6 Å². The fourth-order valence-corrected chi connectivity index (χ4v) is 3.26. The number of carbonyl (C=O) groups excluding carboxylic acids is 1. The topological polar surface area (TPSA) is 41.1 Å². The number of amides is 1. The molecule has 1 fully saturated rings. The molecule has 21 heavy (non-hydrogen) atoms. The fraction of sp³-hybridized carbons (Fsp3) is 0.611. The normalized spacial score (nSPS) is 21.8. The molecule has 0 saturated heterocycles. The van der Waals surface area contributed by atoms with Gasteiger partial charge in [-0.15, -0.1) is 0 Å².